The molecule has 5 heteroatoms. The Kier molecular flexibility index (Phi) is 6.72. The van der Waals surface area contributed by atoms with Crippen LogP contribution in [-0.2, 0) is 17.8 Å². The van der Waals surface area contributed by atoms with Crippen LogP contribution in [0.25, 0.3) is 0 Å². The first-order valence-electron chi connectivity index (χ1n) is 10.5. The lowest BCUT2D eigenvalue weighted by Crippen LogP contribution is -2.34. The fourth-order valence-corrected chi connectivity index (χ4v) is 3.78. The highest BCUT2D eigenvalue weighted by atomic mass is 16.5. The Labute approximate surface area is 177 Å². The van der Waals surface area contributed by atoms with Crippen molar-refractivity contribution in [1.29, 1.82) is 0 Å². The normalized spacial score (nSPS) is 16.3. The molecule has 0 aliphatic carbocycles. The SMILES string of the molecule is O=C(NCCc1ccccn1)C1CCN(Cc2cccc(Oc3ccccc3)c2)C1. The van der Waals surface area contributed by atoms with E-state index in [1.165, 1.54) is 5.56 Å². The molecule has 154 valence electrons. The van der Waals surface area contributed by atoms with Crippen LogP contribution in [0.15, 0.2) is 79.0 Å². The van der Waals surface area contributed by atoms with Gasteiger partial charge in [-0.3, -0.25) is 14.7 Å². The molecular weight excluding hydrogens is 374 g/mol. The Morgan fingerprint density at radius 3 is 2.70 bits per heavy atom. The number of aromatic nitrogens is 1. The smallest absolute Gasteiger partial charge is 0.224 e. The van der Waals surface area contributed by atoms with E-state index in [2.05, 4.69) is 27.3 Å². The van der Waals surface area contributed by atoms with Crippen LogP contribution in [0.5, 0.6) is 11.5 Å². The van der Waals surface area contributed by atoms with Gasteiger partial charge in [-0.2, -0.15) is 0 Å². The van der Waals surface area contributed by atoms with E-state index in [-0.39, 0.29) is 11.8 Å². The molecule has 0 spiro atoms. The van der Waals surface area contributed by atoms with Crippen molar-refractivity contribution in [3.63, 3.8) is 0 Å². The highest BCUT2D eigenvalue weighted by Crippen LogP contribution is 2.24. The van der Waals surface area contributed by atoms with E-state index in [1.54, 1.807) is 6.20 Å². The van der Waals surface area contributed by atoms with Gasteiger partial charge in [0.15, 0.2) is 0 Å². The van der Waals surface area contributed by atoms with E-state index < -0.39 is 0 Å². The Hall–Kier alpha value is -3.18. The number of hydrogen-bond acceptors (Lipinski definition) is 4. The van der Waals surface area contributed by atoms with Crippen molar-refractivity contribution in [2.24, 2.45) is 5.92 Å². The lowest BCUT2D eigenvalue weighted by atomic mass is 10.1. The molecule has 1 N–H and O–H groups in total. The molecule has 2 heterocycles. The fourth-order valence-electron chi connectivity index (χ4n) is 3.78. The van der Waals surface area contributed by atoms with Gasteiger partial charge in [-0.25, -0.2) is 0 Å². The van der Waals surface area contributed by atoms with Crippen molar-refractivity contribution in [2.75, 3.05) is 19.6 Å². The standard InChI is InChI=1S/C25H27N3O2/c29-25(27-15-12-22-8-4-5-14-26-22)21-13-16-28(19-21)18-20-7-6-11-24(17-20)30-23-9-2-1-3-10-23/h1-11,14,17,21H,12-13,15-16,18-19H2,(H,27,29). The van der Waals surface area contributed by atoms with Gasteiger partial charge in [-0.05, 0) is 54.9 Å². The minimum Gasteiger partial charge on any atom is -0.457 e. The first-order chi connectivity index (χ1) is 14.8. The number of nitrogens with one attached hydrogen (secondary N) is 1. The molecule has 1 unspecified atom stereocenters. The number of nitrogens with zero attached hydrogens (tertiary/aromatic N) is 2. The van der Waals surface area contributed by atoms with Gasteiger partial charge >= 0.3 is 0 Å². The molecule has 3 aromatic rings. The van der Waals surface area contributed by atoms with Crippen LogP contribution in [0.1, 0.15) is 17.7 Å². The number of benzene rings is 2. The average molecular weight is 402 g/mol. The minimum atomic E-state index is 0.0532. The lowest BCUT2D eigenvalue weighted by Gasteiger charge is -2.17. The number of carbonyl (C=O) groups excluding carboxylic acids is 1. The van der Waals surface area contributed by atoms with Crippen LogP contribution in [0.4, 0.5) is 0 Å². The fraction of sp³-hybridized carbons (Fsp3) is 0.280. The van der Waals surface area contributed by atoms with E-state index in [0.717, 1.165) is 49.7 Å². The first-order valence-corrected chi connectivity index (χ1v) is 10.5. The van der Waals surface area contributed by atoms with Gasteiger partial charge in [0.25, 0.3) is 0 Å². The van der Waals surface area contributed by atoms with E-state index in [0.29, 0.717) is 6.54 Å². The summed E-state index contributed by atoms with van der Waals surface area (Å²) in [5, 5.41) is 3.07. The predicted molar refractivity (Wildman–Crippen MR) is 117 cm³/mol. The largest absolute Gasteiger partial charge is 0.457 e. The second kappa shape index (κ2) is 10.0. The van der Waals surface area contributed by atoms with Crippen LogP contribution in [0.2, 0.25) is 0 Å². The molecule has 1 saturated heterocycles. The topological polar surface area (TPSA) is 54.5 Å². The van der Waals surface area contributed by atoms with E-state index in [4.69, 9.17) is 4.74 Å². The van der Waals surface area contributed by atoms with Gasteiger partial charge in [0.1, 0.15) is 11.5 Å². The number of carbonyl (C=O) groups is 1. The quantitative estimate of drug-likeness (QED) is 0.619. The molecule has 1 aromatic heterocycles. The summed E-state index contributed by atoms with van der Waals surface area (Å²) in [4.78, 5) is 19.1. The predicted octanol–water partition coefficient (Wildman–Crippen LogP) is 4.05. The van der Waals surface area contributed by atoms with E-state index >= 15 is 0 Å². The molecule has 1 fully saturated rings. The number of para-hydroxylation sites is 1. The summed E-state index contributed by atoms with van der Waals surface area (Å²) in [6.45, 7) is 3.18. The summed E-state index contributed by atoms with van der Waals surface area (Å²) >= 11 is 0. The highest BCUT2D eigenvalue weighted by molar-refractivity contribution is 5.79. The maximum absolute atomic E-state index is 12.5. The molecule has 1 aliphatic rings. The van der Waals surface area contributed by atoms with Crippen molar-refractivity contribution < 1.29 is 9.53 Å². The van der Waals surface area contributed by atoms with Gasteiger partial charge in [-0.1, -0.05) is 36.4 Å². The van der Waals surface area contributed by atoms with Crippen LogP contribution < -0.4 is 10.1 Å². The Morgan fingerprint density at radius 1 is 1.03 bits per heavy atom. The summed E-state index contributed by atoms with van der Waals surface area (Å²) in [6, 6.07) is 23.8. The molecule has 4 rings (SSSR count). The van der Waals surface area contributed by atoms with E-state index in [9.17, 15) is 4.79 Å². The van der Waals surface area contributed by atoms with Gasteiger partial charge in [-0.15, -0.1) is 0 Å². The minimum absolute atomic E-state index is 0.0532. The third kappa shape index (κ3) is 5.67. The molecule has 5 nitrogen and oxygen atoms in total. The van der Waals surface area contributed by atoms with Crippen LogP contribution in [-0.4, -0.2) is 35.4 Å². The van der Waals surface area contributed by atoms with Crippen LogP contribution >= 0.6 is 0 Å². The highest BCUT2D eigenvalue weighted by Gasteiger charge is 2.28. The second-order valence-electron chi connectivity index (χ2n) is 7.65. The third-order valence-electron chi connectivity index (χ3n) is 5.33. The Morgan fingerprint density at radius 2 is 1.87 bits per heavy atom. The van der Waals surface area contributed by atoms with Crippen molar-refractivity contribution in [2.45, 2.75) is 19.4 Å². The van der Waals surface area contributed by atoms with Gasteiger partial charge < -0.3 is 10.1 Å². The number of hydrogen-bond donors (Lipinski definition) is 1. The van der Waals surface area contributed by atoms with E-state index in [1.807, 2.05) is 60.7 Å². The molecule has 0 radical (unpaired) electrons. The lowest BCUT2D eigenvalue weighted by molar-refractivity contribution is -0.124. The molecule has 30 heavy (non-hydrogen) atoms. The molecule has 2 aromatic carbocycles. The summed E-state index contributed by atoms with van der Waals surface area (Å²) in [5.74, 6) is 1.87. The zero-order valence-electron chi connectivity index (χ0n) is 17.0. The summed E-state index contributed by atoms with van der Waals surface area (Å²) in [5.41, 5.74) is 2.20. The molecule has 1 aliphatic heterocycles. The Bertz CT molecular complexity index is 947. The molecule has 1 amide bonds. The average Bonchev–Trinajstić information content (AvgIpc) is 3.24. The van der Waals surface area contributed by atoms with Gasteiger partial charge in [0, 0.05) is 37.9 Å². The molecule has 0 bridgehead atoms. The number of pyridine rings is 1. The van der Waals surface area contributed by atoms with Crippen molar-refractivity contribution in [3.05, 3.63) is 90.3 Å². The maximum atomic E-state index is 12.5. The van der Waals surface area contributed by atoms with Crippen LogP contribution in [0.3, 0.4) is 0 Å². The first kappa shape index (κ1) is 20.1. The number of ether oxygens (including phenoxy) is 1. The van der Waals surface area contributed by atoms with Gasteiger partial charge in [0.2, 0.25) is 5.91 Å². The van der Waals surface area contributed by atoms with Crippen molar-refractivity contribution in [1.82, 2.24) is 15.2 Å². The summed E-state index contributed by atoms with van der Waals surface area (Å²) in [7, 11) is 0. The number of amides is 1. The molecular formula is C25H27N3O2. The maximum Gasteiger partial charge on any atom is 0.224 e. The molecule has 0 saturated carbocycles. The number of likely N-dealkylation sites (tertiary alicyclic amines) is 1. The monoisotopic (exact) mass is 401 g/mol. The molecule has 1 atom stereocenters. The number of rotatable bonds is 8. The summed E-state index contributed by atoms with van der Waals surface area (Å²) in [6.07, 6.45) is 3.44. The van der Waals surface area contributed by atoms with Crippen molar-refractivity contribution in [3.8, 4) is 11.5 Å². The Balaban J connectivity index is 1.24. The zero-order valence-corrected chi connectivity index (χ0v) is 17.0. The third-order valence-corrected chi connectivity index (χ3v) is 5.33. The second-order valence-corrected chi connectivity index (χ2v) is 7.65. The van der Waals surface area contributed by atoms with Gasteiger partial charge in [0.05, 0.1) is 5.92 Å². The summed E-state index contributed by atoms with van der Waals surface area (Å²) < 4.78 is 5.94. The van der Waals surface area contributed by atoms with Crippen molar-refractivity contribution >= 4 is 5.91 Å². The van der Waals surface area contributed by atoms with Crippen LogP contribution in [0, 0.1) is 5.92 Å². The zero-order chi connectivity index (χ0) is 20.6.